The minimum Gasteiger partial charge on any atom is -0.352 e. The van der Waals surface area contributed by atoms with E-state index in [2.05, 4.69) is 20.7 Å². The van der Waals surface area contributed by atoms with Crippen molar-refractivity contribution < 1.29 is 9.59 Å². The van der Waals surface area contributed by atoms with Crippen LogP contribution in [0, 0.1) is 12.8 Å². The molecule has 2 aromatic heterocycles. The lowest BCUT2D eigenvalue weighted by atomic mass is 10.1. The van der Waals surface area contributed by atoms with Gasteiger partial charge < -0.3 is 10.6 Å². The Morgan fingerprint density at radius 3 is 2.68 bits per heavy atom. The van der Waals surface area contributed by atoms with E-state index < -0.39 is 0 Å². The molecule has 2 heterocycles. The molecule has 1 aliphatic rings. The number of hydrogen-bond donors (Lipinski definition) is 2. The molecule has 7 nitrogen and oxygen atoms in total. The highest BCUT2D eigenvalue weighted by Gasteiger charge is 2.29. The molecular formula is C25H23Cl2N5O2. The summed E-state index contributed by atoms with van der Waals surface area (Å²) in [7, 11) is 0. The van der Waals surface area contributed by atoms with Crippen LogP contribution in [0.3, 0.4) is 0 Å². The largest absolute Gasteiger partial charge is 0.352 e. The molecule has 2 amide bonds. The molecule has 0 spiro atoms. The van der Waals surface area contributed by atoms with Crippen LogP contribution in [0.1, 0.15) is 34.5 Å². The summed E-state index contributed by atoms with van der Waals surface area (Å²) in [5.74, 6) is -0.131. The van der Waals surface area contributed by atoms with Gasteiger partial charge in [0.25, 0.3) is 5.91 Å². The van der Waals surface area contributed by atoms with E-state index in [1.807, 2.05) is 43.3 Å². The number of aromatic nitrogens is 3. The average molecular weight is 496 g/mol. The quantitative estimate of drug-likeness (QED) is 0.390. The Morgan fingerprint density at radius 2 is 1.94 bits per heavy atom. The van der Waals surface area contributed by atoms with E-state index in [4.69, 9.17) is 11.6 Å². The van der Waals surface area contributed by atoms with Crippen molar-refractivity contribution in [1.29, 1.82) is 0 Å². The Balaban J connectivity index is 0.00000274. The third-order valence-corrected chi connectivity index (χ3v) is 6.02. The fourth-order valence-electron chi connectivity index (χ4n) is 3.68. The first-order valence-corrected chi connectivity index (χ1v) is 11.1. The summed E-state index contributed by atoms with van der Waals surface area (Å²) in [6, 6.07) is 14.7. The first-order chi connectivity index (χ1) is 16.0. The number of amides is 2. The summed E-state index contributed by atoms with van der Waals surface area (Å²) in [6.07, 6.45) is 5.38. The molecule has 174 valence electrons. The summed E-state index contributed by atoms with van der Waals surface area (Å²) in [5, 5.41) is 11.5. The van der Waals surface area contributed by atoms with Gasteiger partial charge in [-0.3, -0.25) is 14.6 Å². The highest BCUT2D eigenvalue weighted by Crippen LogP contribution is 2.29. The molecular weight excluding hydrogens is 473 g/mol. The Morgan fingerprint density at radius 1 is 1.12 bits per heavy atom. The van der Waals surface area contributed by atoms with Crippen molar-refractivity contribution in [2.24, 2.45) is 5.92 Å². The summed E-state index contributed by atoms with van der Waals surface area (Å²) in [6.45, 7) is 2.29. The maximum atomic E-state index is 13.1. The van der Waals surface area contributed by atoms with Crippen LogP contribution < -0.4 is 10.6 Å². The number of benzene rings is 2. The first-order valence-electron chi connectivity index (χ1n) is 10.8. The van der Waals surface area contributed by atoms with Gasteiger partial charge in [0, 0.05) is 23.5 Å². The molecule has 0 saturated heterocycles. The molecule has 0 radical (unpaired) electrons. The number of carbonyl (C=O) groups is 2. The van der Waals surface area contributed by atoms with Gasteiger partial charge in [-0.15, -0.1) is 12.4 Å². The smallest absolute Gasteiger partial charge is 0.257 e. The van der Waals surface area contributed by atoms with Crippen LogP contribution >= 0.6 is 24.0 Å². The third-order valence-electron chi connectivity index (χ3n) is 5.69. The molecule has 1 fully saturated rings. The normalized spacial score (nSPS) is 12.8. The number of pyridine rings is 1. The molecule has 5 rings (SSSR count). The van der Waals surface area contributed by atoms with Crippen molar-refractivity contribution in [2.75, 3.05) is 5.32 Å². The molecule has 2 aromatic carbocycles. The van der Waals surface area contributed by atoms with Crippen molar-refractivity contribution in [3.05, 3.63) is 82.8 Å². The van der Waals surface area contributed by atoms with Gasteiger partial charge in [-0.25, -0.2) is 4.68 Å². The fourth-order valence-corrected chi connectivity index (χ4v) is 3.88. The molecule has 0 atom stereocenters. The molecule has 0 unspecified atom stereocenters. The summed E-state index contributed by atoms with van der Waals surface area (Å²) in [4.78, 5) is 29.3. The lowest BCUT2D eigenvalue weighted by Crippen LogP contribution is -2.24. The van der Waals surface area contributed by atoms with Crippen LogP contribution in [0.15, 0.2) is 60.9 Å². The van der Waals surface area contributed by atoms with E-state index in [0.29, 0.717) is 22.8 Å². The lowest BCUT2D eigenvalue weighted by Gasteiger charge is -2.11. The number of nitrogens with one attached hydrogen (secondary N) is 2. The Kier molecular flexibility index (Phi) is 6.86. The van der Waals surface area contributed by atoms with Gasteiger partial charge >= 0.3 is 0 Å². The molecule has 1 aliphatic carbocycles. The van der Waals surface area contributed by atoms with Gasteiger partial charge in [-0.05, 0) is 61.7 Å². The van der Waals surface area contributed by atoms with Crippen LogP contribution in [0.5, 0.6) is 0 Å². The Labute approximate surface area is 207 Å². The van der Waals surface area contributed by atoms with Gasteiger partial charge in [0.2, 0.25) is 5.91 Å². The number of rotatable bonds is 6. The number of anilines is 1. The van der Waals surface area contributed by atoms with Crippen LogP contribution in [0.2, 0.25) is 5.02 Å². The number of fused-ring (bicyclic) bond motifs is 1. The Bertz CT molecular complexity index is 1360. The van der Waals surface area contributed by atoms with Gasteiger partial charge in [0.1, 0.15) is 0 Å². The van der Waals surface area contributed by atoms with Gasteiger partial charge in [-0.2, -0.15) is 5.10 Å². The lowest BCUT2D eigenvalue weighted by molar-refractivity contribution is -0.122. The second-order valence-corrected chi connectivity index (χ2v) is 8.62. The standard InChI is InChI=1S/C25H22ClN5O2.ClH/c1-15-5-9-18(13-27-15)31-23-4-2-3-22(20(23)14-29-31)30-25(33)19-11-16(6-10-21(19)26)12-28-24(32)17-7-8-17;/h2-6,9-11,13-14,17H,7-8,12H2,1H3,(H,28,32)(H,30,33);1H. The van der Waals surface area contributed by atoms with Crippen molar-refractivity contribution in [3.8, 4) is 5.69 Å². The highest BCUT2D eigenvalue weighted by molar-refractivity contribution is 6.34. The molecule has 9 heteroatoms. The van der Waals surface area contributed by atoms with Crippen molar-refractivity contribution in [2.45, 2.75) is 26.3 Å². The maximum absolute atomic E-state index is 13.1. The Hall–Kier alpha value is -3.42. The van der Waals surface area contributed by atoms with Gasteiger partial charge in [-0.1, -0.05) is 23.7 Å². The van der Waals surface area contributed by atoms with Crippen molar-refractivity contribution in [1.82, 2.24) is 20.1 Å². The predicted octanol–water partition coefficient (Wildman–Crippen LogP) is 5.08. The number of nitrogens with zero attached hydrogens (tertiary/aromatic N) is 3. The predicted molar refractivity (Wildman–Crippen MR) is 135 cm³/mol. The summed E-state index contributed by atoms with van der Waals surface area (Å²) >= 11 is 6.32. The van der Waals surface area contributed by atoms with Crippen molar-refractivity contribution in [3.63, 3.8) is 0 Å². The minimum absolute atomic E-state index is 0. The van der Waals surface area contributed by atoms with Crippen LogP contribution in [0.25, 0.3) is 16.6 Å². The van der Waals surface area contributed by atoms with Crippen molar-refractivity contribution >= 4 is 52.4 Å². The first kappa shape index (κ1) is 23.7. The second kappa shape index (κ2) is 9.83. The highest BCUT2D eigenvalue weighted by atomic mass is 35.5. The summed E-state index contributed by atoms with van der Waals surface area (Å²) in [5.41, 5.74) is 4.41. The average Bonchev–Trinajstić information content (AvgIpc) is 3.58. The SMILES string of the molecule is Cc1ccc(-n2ncc3c(NC(=O)c4cc(CNC(=O)C5CC5)ccc4Cl)cccc32)cn1.Cl. The van der Waals surface area contributed by atoms with Gasteiger partial charge in [0.05, 0.1) is 39.9 Å². The number of hydrogen-bond acceptors (Lipinski definition) is 4. The molecule has 0 bridgehead atoms. The number of halogens is 2. The minimum atomic E-state index is -0.326. The molecule has 34 heavy (non-hydrogen) atoms. The van der Waals surface area contributed by atoms with E-state index in [1.165, 1.54) is 0 Å². The van der Waals surface area contributed by atoms with Crippen LogP contribution in [-0.4, -0.2) is 26.6 Å². The molecule has 2 N–H and O–H groups in total. The monoisotopic (exact) mass is 495 g/mol. The van der Waals surface area contributed by atoms with E-state index in [9.17, 15) is 9.59 Å². The second-order valence-electron chi connectivity index (χ2n) is 8.21. The third kappa shape index (κ3) is 4.90. The molecule has 1 saturated carbocycles. The van der Waals surface area contributed by atoms with Crippen LogP contribution in [0.4, 0.5) is 5.69 Å². The summed E-state index contributed by atoms with van der Waals surface area (Å²) < 4.78 is 1.79. The zero-order chi connectivity index (χ0) is 22.9. The number of aryl methyl sites for hydroxylation is 1. The van der Waals surface area contributed by atoms with E-state index in [1.54, 1.807) is 29.2 Å². The number of carbonyl (C=O) groups excluding carboxylic acids is 2. The van der Waals surface area contributed by atoms with Gasteiger partial charge in [0.15, 0.2) is 0 Å². The fraction of sp³-hybridized carbons (Fsp3) is 0.200. The van der Waals surface area contributed by atoms with Crippen LogP contribution in [-0.2, 0) is 11.3 Å². The topological polar surface area (TPSA) is 88.9 Å². The van der Waals surface area contributed by atoms with E-state index in [0.717, 1.165) is 40.7 Å². The van der Waals surface area contributed by atoms with E-state index >= 15 is 0 Å². The maximum Gasteiger partial charge on any atom is 0.257 e. The van der Waals surface area contributed by atoms with E-state index in [-0.39, 0.29) is 30.1 Å². The molecule has 4 aromatic rings. The zero-order valence-corrected chi connectivity index (χ0v) is 20.0. The zero-order valence-electron chi connectivity index (χ0n) is 18.4. The molecule has 0 aliphatic heterocycles.